The molecule has 1 aliphatic heterocycles. The molecule has 0 aromatic heterocycles. The van der Waals surface area contributed by atoms with Gasteiger partial charge in [-0.05, 0) is 25.3 Å². The lowest BCUT2D eigenvalue weighted by molar-refractivity contribution is -0.137. The van der Waals surface area contributed by atoms with E-state index in [0.29, 0.717) is 22.6 Å². The van der Waals surface area contributed by atoms with Gasteiger partial charge in [-0.3, -0.25) is 9.59 Å². The number of ketones is 1. The van der Waals surface area contributed by atoms with Crippen LogP contribution < -0.4 is 5.32 Å². The number of Topliss-reactive ketones (excluding diaryl/α,β-unsaturated/α-hetero) is 1. The second-order valence-corrected chi connectivity index (χ2v) is 7.34. The Morgan fingerprint density at radius 3 is 2.73 bits per heavy atom. The lowest BCUT2D eigenvalue weighted by Crippen LogP contribution is -2.31. The number of methoxy groups -OCH3 is 1. The highest BCUT2D eigenvalue weighted by Crippen LogP contribution is 2.43. The van der Waals surface area contributed by atoms with Gasteiger partial charge in [0.1, 0.15) is 0 Å². The molecule has 1 N–H and O–H groups in total. The van der Waals surface area contributed by atoms with Crippen molar-refractivity contribution < 1.29 is 14.3 Å². The average molecular weight is 368 g/mol. The molecule has 0 saturated heterocycles. The first kappa shape index (κ1) is 18.3. The van der Waals surface area contributed by atoms with Crippen molar-refractivity contribution in [3.05, 3.63) is 57.3 Å². The number of thioether (sulfide) groups is 1. The first-order chi connectivity index (χ1) is 12.5. The summed E-state index contributed by atoms with van der Waals surface area (Å²) in [6, 6.07) is 10.2. The summed E-state index contributed by atoms with van der Waals surface area (Å²) in [7, 11) is 1.34. The second kappa shape index (κ2) is 7.79. The maximum absolute atomic E-state index is 12.6. The summed E-state index contributed by atoms with van der Waals surface area (Å²) < 4.78 is 4.70. The van der Waals surface area contributed by atoms with Crippen molar-refractivity contribution in [2.24, 2.45) is 0 Å². The number of hydrogen-bond acceptors (Lipinski definition) is 6. The minimum Gasteiger partial charge on any atom is -0.468 e. The van der Waals surface area contributed by atoms with Crippen LogP contribution >= 0.6 is 11.8 Å². The van der Waals surface area contributed by atoms with Gasteiger partial charge in [0.15, 0.2) is 5.78 Å². The van der Waals surface area contributed by atoms with Crippen LogP contribution in [0.15, 0.2) is 46.1 Å². The highest BCUT2D eigenvalue weighted by atomic mass is 32.2. The van der Waals surface area contributed by atoms with Crippen LogP contribution in [-0.2, 0) is 14.3 Å². The number of dihydropyridines is 1. The molecule has 1 aromatic rings. The van der Waals surface area contributed by atoms with Gasteiger partial charge in [0.05, 0.1) is 35.5 Å². The Labute approximate surface area is 157 Å². The predicted octanol–water partition coefficient (Wildman–Crippen LogP) is 3.33. The SMILES string of the molecule is COC(=O)CSC1=C(C#N)[C@H](c2ccc(C)cc2)C2=C(CCCC2=O)N1. The molecule has 0 radical (unpaired) electrons. The highest BCUT2D eigenvalue weighted by molar-refractivity contribution is 8.03. The van der Waals surface area contributed by atoms with Gasteiger partial charge in [0.2, 0.25) is 0 Å². The Kier molecular flexibility index (Phi) is 5.48. The van der Waals surface area contributed by atoms with Gasteiger partial charge in [-0.25, -0.2) is 0 Å². The van der Waals surface area contributed by atoms with Gasteiger partial charge in [0, 0.05) is 17.7 Å². The number of nitrogens with zero attached hydrogens (tertiary/aromatic N) is 1. The van der Waals surface area contributed by atoms with E-state index in [4.69, 9.17) is 4.74 Å². The van der Waals surface area contributed by atoms with E-state index in [-0.39, 0.29) is 23.4 Å². The number of hydrogen-bond donors (Lipinski definition) is 1. The lowest BCUT2D eigenvalue weighted by atomic mass is 9.77. The Balaban J connectivity index is 2.07. The molecular weight excluding hydrogens is 348 g/mol. The van der Waals surface area contributed by atoms with Crippen molar-refractivity contribution >= 4 is 23.5 Å². The summed E-state index contributed by atoms with van der Waals surface area (Å²) in [6.45, 7) is 2.00. The van der Waals surface area contributed by atoms with Gasteiger partial charge < -0.3 is 10.1 Å². The number of nitrogens with one attached hydrogen (secondary N) is 1. The molecule has 3 rings (SSSR count). The normalized spacial score (nSPS) is 19.6. The number of esters is 1. The first-order valence-corrected chi connectivity index (χ1v) is 9.47. The van der Waals surface area contributed by atoms with E-state index in [1.54, 1.807) is 0 Å². The summed E-state index contributed by atoms with van der Waals surface area (Å²) in [5.41, 5.74) is 4.09. The van der Waals surface area contributed by atoms with E-state index in [9.17, 15) is 14.9 Å². The van der Waals surface area contributed by atoms with Crippen molar-refractivity contribution in [3.63, 3.8) is 0 Å². The lowest BCUT2D eigenvalue weighted by Gasteiger charge is -2.33. The zero-order chi connectivity index (χ0) is 18.7. The van der Waals surface area contributed by atoms with Crippen molar-refractivity contribution in [3.8, 4) is 6.07 Å². The van der Waals surface area contributed by atoms with Gasteiger partial charge in [0.25, 0.3) is 0 Å². The smallest absolute Gasteiger partial charge is 0.316 e. The summed E-state index contributed by atoms with van der Waals surface area (Å²) in [5.74, 6) is -0.534. The average Bonchev–Trinajstić information content (AvgIpc) is 2.65. The second-order valence-electron chi connectivity index (χ2n) is 6.36. The van der Waals surface area contributed by atoms with Gasteiger partial charge in [-0.2, -0.15) is 5.26 Å². The van der Waals surface area contributed by atoms with Gasteiger partial charge >= 0.3 is 5.97 Å². The fourth-order valence-corrected chi connectivity index (χ4v) is 4.21. The van der Waals surface area contributed by atoms with Crippen LogP contribution in [-0.4, -0.2) is 24.6 Å². The molecule has 0 fully saturated rings. The molecule has 1 heterocycles. The van der Waals surface area contributed by atoms with Crippen LogP contribution in [0.1, 0.15) is 36.3 Å². The Morgan fingerprint density at radius 2 is 2.08 bits per heavy atom. The molecule has 0 bridgehead atoms. The minimum absolute atomic E-state index is 0.0918. The van der Waals surface area contributed by atoms with Crippen LogP contribution in [0.5, 0.6) is 0 Å². The number of carbonyl (C=O) groups is 2. The van der Waals surface area contributed by atoms with Crippen LogP contribution in [0.2, 0.25) is 0 Å². The van der Waals surface area contributed by atoms with E-state index in [2.05, 4.69) is 11.4 Å². The monoisotopic (exact) mass is 368 g/mol. The van der Waals surface area contributed by atoms with E-state index in [0.717, 1.165) is 29.7 Å². The summed E-state index contributed by atoms with van der Waals surface area (Å²) in [5, 5.41) is 13.7. The number of carbonyl (C=O) groups excluding carboxylic acids is 2. The van der Waals surface area contributed by atoms with Crippen molar-refractivity contribution in [2.45, 2.75) is 32.1 Å². The van der Waals surface area contributed by atoms with E-state index >= 15 is 0 Å². The zero-order valence-corrected chi connectivity index (χ0v) is 15.6. The topological polar surface area (TPSA) is 79.2 Å². The van der Waals surface area contributed by atoms with Gasteiger partial charge in [-0.1, -0.05) is 41.6 Å². The number of nitriles is 1. The molecule has 1 aliphatic carbocycles. The highest BCUT2D eigenvalue weighted by Gasteiger charge is 2.37. The predicted molar refractivity (Wildman–Crippen MR) is 100 cm³/mol. The number of ether oxygens (including phenoxy) is 1. The maximum Gasteiger partial charge on any atom is 0.316 e. The third-order valence-electron chi connectivity index (χ3n) is 4.64. The Bertz CT molecular complexity index is 847. The molecular formula is C20H20N2O3S. The molecule has 5 nitrogen and oxygen atoms in total. The Morgan fingerprint density at radius 1 is 1.35 bits per heavy atom. The summed E-state index contributed by atoms with van der Waals surface area (Å²) in [4.78, 5) is 24.2. The molecule has 0 spiro atoms. The number of rotatable bonds is 4. The molecule has 2 aliphatic rings. The third kappa shape index (κ3) is 3.54. The largest absolute Gasteiger partial charge is 0.468 e. The molecule has 0 unspecified atom stereocenters. The van der Waals surface area contributed by atoms with Gasteiger partial charge in [-0.15, -0.1) is 0 Å². The molecule has 26 heavy (non-hydrogen) atoms. The standard InChI is InChI=1S/C20H20N2O3S/c1-12-6-8-13(9-7-12)18-14(10-21)20(26-11-17(24)25-2)22-15-4-3-5-16(23)19(15)18/h6-9,18,22H,3-5,11H2,1-2H3/t18-/m0/s1. The minimum atomic E-state index is -0.384. The molecule has 134 valence electrons. The van der Waals surface area contributed by atoms with E-state index < -0.39 is 0 Å². The fraction of sp³-hybridized carbons (Fsp3) is 0.350. The van der Waals surface area contributed by atoms with Crippen LogP contribution in [0.4, 0.5) is 0 Å². The van der Waals surface area contributed by atoms with Crippen LogP contribution in [0.3, 0.4) is 0 Å². The van der Waals surface area contributed by atoms with E-state index in [1.807, 2.05) is 31.2 Å². The zero-order valence-electron chi connectivity index (χ0n) is 14.8. The van der Waals surface area contributed by atoms with Crippen LogP contribution in [0.25, 0.3) is 0 Å². The number of aryl methyl sites for hydroxylation is 1. The number of benzene rings is 1. The van der Waals surface area contributed by atoms with Crippen LogP contribution in [0, 0.1) is 18.3 Å². The quantitative estimate of drug-likeness (QED) is 0.821. The van der Waals surface area contributed by atoms with Crippen molar-refractivity contribution in [1.29, 1.82) is 5.26 Å². The third-order valence-corrected chi connectivity index (χ3v) is 5.63. The number of allylic oxidation sites excluding steroid dienone is 3. The molecule has 1 aromatic carbocycles. The molecule has 6 heteroatoms. The van der Waals surface area contributed by atoms with Crippen molar-refractivity contribution in [1.82, 2.24) is 5.32 Å². The Hall–Kier alpha value is -2.52. The first-order valence-electron chi connectivity index (χ1n) is 8.49. The molecule has 0 saturated carbocycles. The summed E-state index contributed by atoms with van der Waals surface area (Å²) >= 11 is 1.25. The fourth-order valence-electron chi connectivity index (χ4n) is 3.32. The summed E-state index contributed by atoms with van der Waals surface area (Å²) in [6.07, 6.45) is 2.07. The molecule has 0 amide bonds. The van der Waals surface area contributed by atoms with E-state index in [1.165, 1.54) is 18.9 Å². The maximum atomic E-state index is 12.6. The van der Waals surface area contributed by atoms with Crippen molar-refractivity contribution in [2.75, 3.05) is 12.9 Å². The molecule has 1 atom stereocenters.